The predicted octanol–water partition coefficient (Wildman–Crippen LogP) is 0.781. The minimum absolute atomic E-state index is 0.891. The standard InChI is InChI=1S/C5H5N3/c1-4-2-7-8-5(4)3-6-1/h2-3,6H,1H2. The molecule has 0 fully saturated rings. The van der Waals surface area contributed by atoms with E-state index in [9.17, 15) is 0 Å². The summed E-state index contributed by atoms with van der Waals surface area (Å²) in [5, 5.41) is 10.6. The predicted molar refractivity (Wildman–Crippen MR) is 29.0 cm³/mol. The van der Waals surface area contributed by atoms with E-state index in [1.54, 1.807) is 6.20 Å². The Morgan fingerprint density at radius 3 is 3.50 bits per heavy atom. The molecule has 0 aromatic heterocycles. The van der Waals surface area contributed by atoms with Crippen LogP contribution in [0.15, 0.2) is 33.9 Å². The maximum Gasteiger partial charge on any atom is 0.108 e. The largest absolute Gasteiger partial charge is 0.385 e. The van der Waals surface area contributed by atoms with E-state index < -0.39 is 0 Å². The summed E-state index contributed by atoms with van der Waals surface area (Å²) in [5.41, 5.74) is 2.19. The van der Waals surface area contributed by atoms with E-state index in [-0.39, 0.29) is 0 Å². The Morgan fingerprint density at radius 1 is 1.62 bits per heavy atom. The van der Waals surface area contributed by atoms with Gasteiger partial charge in [0.05, 0.1) is 6.20 Å². The summed E-state index contributed by atoms with van der Waals surface area (Å²) >= 11 is 0. The third kappa shape index (κ3) is 0.332. The summed E-state index contributed by atoms with van der Waals surface area (Å²) in [7, 11) is 0. The fraction of sp³-hybridized carbons (Fsp3) is 0.200. The number of nitrogens with one attached hydrogen (secondary N) is 1. The molecule has 0 saturated heterocycles. The molecule has 0 saturated carbocycles. The Balaban J connectivity index is 2.49. The van der Waals surface area contributed by atoms with Gasteiger partial charge in [-0.3, -0.25) is 0 Å². The molecule has 0 aliphatic carbocycles. The van der Waals surface area contributed by atoms with E-state index >= 15 is 0 Å². The van der Waals surface area contributed by atoms with E-state index in [1.165, 1.54) is 5.57 Å². The molecular formula is C5H5N3. The Kier molecular flexibility index (Phi) is 0.566. The van der Waals surface area contributed by atoms with Crippen molar-refractivity contribution in [3.63, 3.8) is 0 Å². The second kappa shape index (κ2) is 1.18. The molecule has 0 atom stereocenters. The first kappa shape index (κ1) is 3.83. The fourth-order valence-electron chi connectivity index (χ4n) is 0.807. The average Bonchev–Trinajstić information content (AvgIpc) is 2.15. The second-order valence-corrected chi connectivity index (χ2v) is 1.78. The Morgan fingerprint density at radius 2 is 2.62 bits per heavy atom. The normalized spacial score (nSPS) is 22.0. The van der Waals surface area contributed by atoms with Crippen molar-refractivity contribution in [2.75, 3.05) is 6.54 Å². The van der Waals surface area contributed by atoms with Gasteiger partial charge in [-0.15, -0.1) is 5.11 Å². The zero-order valence-corrected chi connectivity index (χ0v) is 4.26. The van der Waals surface area contributed by atoms with Gasteiger partial charge in [-0.2, -0.15) is 5.11 Å². The van der Waals surface area contributed by atoms with Crippen LogP contribution >= 0.6 is 0 Å². The smallest absolute Gasteiger partial charge is 0.108 e. The molecule has 0 amide bonds. The zero-order chi connectivity index (χ0) is 5.40. The topological polar surface area (TPSA) is 36.8 Å². The van der Waals surface area contributed by atoms with Crippen LogP contribution in [0.4, 0.5) is 0 Å². The molecular weight excluding hydrogens is 102 g/mol. The van der Waals surface area contributed by atoms with Crippen molar-refractivity contribution in [3.8, 4) is 0 Å². The summed E-state index contributed by atoms with van der Waals surface area (Å²) in [6.07, 6.45) is 3.66. The minimum atomic E-state index is 0.891. The van der Waals surface area contributed by atoms with Crippen molar-refractivity contribution in [2.24, 2.45) is 10.2 Å². The summed E-state index contributed by atoms with van der Waals surface area (Å²) in [6, 6.07) is 0. The molecule has 3 heteroatoms. The van der Waals surface area contributed by atoms with Gasteiger partial charge in [0, 0.05) is 18.3 Å². The fourth-order valence-corrected chi connectivity index (χ4v) is 0.807. The monoisotopic (exact) mass is 107 g/mol. The molecule has 2 heterocycles. The highest BCUT2D eigenvalue weighted by Gasteiger charge is 2.12. The van der Waals surface area contributed by atoms with Gasteiger partial charge in [-0.1, -0.05) is 0 Å². The lowest BCUT2D eigenvalue weighted by Gasteiger charge is -1.84. The number of hydrogen-bond donors (Lipinski definition) is 1. The third-order valence-electron chi connectivity index (χ3n) is 1.24. The molecule has 40 valence electrons. The quantitative estimate of drug-likeness (QED) is 0.488. The maximum atomic E-state index is 3.83. The molecule has 2 aliphatic heterocycles. The number of fused-ring (bicyclic) bond motifs is 1. The van der Waals surface area contributed by atoms with E-state index in [0.717, 1.165) is 12.2 Å². The Bertz CT molecular complexity index is 200. The molecule has 0 unspecified atom stereocenters. The van der Waals surface area contributed by atoms with Crippen LogP contribution in [0.2, 0.25) is 0 Å². The van der Waals surface area contributed by atoms with E-state index in [0.29, 0.717) is 0 Å². The molecule has 0 aromatic rings. The molecule has 0 aromatic carbocycles. The van der Waals surface area contributed by atoms with Gasteiger partial charge in [0.2, 0.25) is 0 Å². The number of nitrogens with zero attached hydrogens (tertiary/aromatic N) is 2. The van der Waals surface area contributed by atoms with Crippen molar-refractivity contribution < 1.29 is 0 Å². The molecule has 3 nitrogen and oxygen atoms in total. The van der Waals surface area contributed by atoms with Crippen LogP contribution in [-0.4, -0.2) is 6.54 Å². The summed E-state index contributed by atoms with van der Waals surface area (Å²) in [4.78, 5) is 0. The van der Waals surface area contributed by atoms with Crippen molar-refractivity contribution in [1.29, 1.82) is 0 Å². The van der Waals surface area contributed by atoms with Crippen molar-refractivity contribution >= 4 is 0 Å². The van der Waals surface area contributed by atoms with Crippen LogP contribution in [0.5, 0.6) is 0 Å². The molecule has 2 aliphatic rings. The lowest BCUT2D eigenvalue weighted by Crippen LogP contribution is -1.99. The SMILES string of the molecule is C1=C2CNC=C2N=N1. The van der Waals surface area contributed by atoms with Crippen LogP contribution in [-0.2, 0) is 0 Å². The lowest BCUT2D eigenvalue weighted by atomic mass is 10.3. The van der Waals surface area contributed by atoms with Crippen molar-refractivity contribution in [1.82, 2.24) is 5.32 Å². The summed E-state index contributed by atoms with van der Waals surface area (Å²) in [5.74, 6) is 0. The first-order valence-corrected chi connectivity index (χ1v) is 2.50. The van der Waals surface area contributed by atoms with Gasteiger partial charge in [-0.05, 0) is 0 Å². The van der Waals surface area contributed by atoms with E-state index in [2.05, 4.69) is 15.5 Å². The average molecular weight is 107 g/mol. The van der Waals surface area contributed by atoms with Crippen LogP contribution in [0.1, 0.15) is 0 Å². The highest BCUT2D eigenvalue weighted by molar-refractivity contribution is 5.37. The highest BCUT2D eigenvalue weighted by atomic mass is 15.1. The summed E-state index contributed by atoms with van der Waals surface area (Å²) < 4.78 is 0. The van der Waals surface area contributed by atoms with Crippen molar-refractivity contribution in [3.05, 3.63) is 23.7 Å². The third-order valence-corrected chi connectivity index (χ3v) is 1.24. The molecule has 2 rings (SSSR count). The molecule has 1 N–H and O–H groups in total. The first-order valence-electron chi connectivity index (χ1n) is 2.50. The lowest BCUT2D eigenvalue weighted by molar-refractivity contribution is 1.00. The van der Waals surface area contributed by atoms with E-state index in [1.807, 2.05) is 6.20 Å². The second-order valence-electron chi connectivity index (χ2n) is 1.78. The zero-order valence-electron chi connectivity index (χ0n) is 4.26. The minimum Gasteiger partial charge on any atom is -0.385 e. The van der Waals surface area contributed by atoms with Crippen LogP contribution < -0.4 is 5.32 Å². The molecule has 8 heavy (non-hydrogen) atoms. The Hall–Kier alpha value is -1.12. The van der Waals surface area contributed by atoms with E-state index in [4.69, 9.17) is 0 Å². The van der Waals surface area contributed by atoms with Gasteiger partial charge >= 0.3 is 0 Å². The molecule has 0 radical (unpaired) electrons. The van der Waals surface area contributed by atoms with Gasteiger partial charge in [0.25, 0.3) is 0 Å². The van der Waals surface area contributed by atoms with Crippen molar-refractivity contribution in [2.45, 2.75) is 0 Å². The Labute approximate surface area is 46.8 Å². The number of azo groups is 1. The van der Waals surface area contributed by atoms with Crippen LogP contribution in [0.25, 0.3) is 0 Å². The highest BCUT2D eigenvalue weighted by Crippen LogP contribution is 2.20. The first-order chi connectivity index (χ1) is 3.97. The van der Waals surface area contributed by atoms with Gasteiger partial charge in [-0.25, -0.2) is 0 Å². The molecule has 0 bridgehead atoms. The van der Waals surface area contributed by atoms with Gasteiger partial charge in [0.15, 0.2) is 0 Å². The number of rotatable bonds is 0. The molecule has 0 spiro atoms. The summed E-state index contributed by atoms with van der Waals surface area (Å²) in [6.45, 7) is 0.891. The number of hydrogen-bond acceptors (Lipinski definition) is 3. The van der Waals surface area contributed by atoms with Gasteiger partial charge in [0.1, 0.15) is 5.70 Å². The maximum absolute atomic E-state index is 3.83. The van der Waals surface area contributed by atoms with Crippen LogP contribution in [0, 0.1) is 0 Å². The van der Waals surface area contributed by atoms with Gasteiger partial charge < -0.3 is 5.32 Å². The van der Waals surface area contributed by atoms with Crippen LogP contribution in [0.3, 0.4) is 0 Å².